The number of hydrogen-bond donors (Lipinski definition) is 0. The first-order valence-electron chi connectivity index (χ1n) is 7.51. The third-order valence-electron chi connectivity index (χ3n) is 4.40. The summed E-state index contributed by atoms with van der Waals surface area (Å²) >= 11 is 5.59. The number of aryl methyl sites for hydroxylation is 2. The summed E-state index contributed by atoms with van der Waals surface area (Å²) in [6.45, 7) is 10.3. The second kappa shape index (κ2) is 5.65. The first-order valence-corrected chi connectivity index (χ1v) is 10.1. The van der Waals surface area contributed by atoms with Gasteiger partial charge in [0.1, 0.15) is 3.82 Å². The summed E-state index contributed by atoms with van der Waals surface area (Å²) in [6, 6.07) is 4.29. The Kier molecular flexibility index (Phi) is 4.07. The van der Waals surface area contributed by atoms with Gasteiger partial charge in [-0.2, -0.15) is 0 Å². The molecule has 0 radical (unpaired) electrons. The molecule has 5 heteroatoms. The van der Waals surface area contributed by atoms with Gasteiger partial charge in [0, 0.05) is 11.1 Å². The minimum absolute atomic E-state index is 0.0111. The van der Waals surface area contributed by atoms with Crippen LogP contribution in [0.25, 0.3) is 11.1 Å². The second-order valence-electron chi connectivity index (χ2n) is 6.34. The van der Waals surface area contributed by atoms with Crippen molar-refractivity contribution in [3.05, 3.63) is 44.1 Å². The largest absolute Gasteiger partial charge is 0.298 e. The van der Waals surface area contributed by atoms with E-state index >= 15 is 0 Å². The van der Waals surface area contributed by atoms with Crippen LogP contribution in [0.5, 0.6) is 0 Å². The fourth-order valence-corrected chi connectivity index (χ4v) is 6.38. The van der Waals surface area contributed by atoms with Crippen LogP contribution in [0.4, 0.5) is 5.69 Å². The molecule has 0 bridgehead atoms. The van der Waals surface area contributed by atoms with Crippen molar-refractivity contribution in [2.45, 2.75) is 40.2 Å². The molecule has 1 amide bonds. The van der Waals surface area contributed by atoms with Crippen LogP contribution in [0.1, 0.15) is 36.8 Å². The number of allylic oxidation sites excluding steroid dienone is 1. The lowest BCUT2D eigenvalue weighted by molar-refractivity contribution is -0.115. The lowest BCUT2D eigenvalue weighted by Crippen LogP contribution is -2.47. The van der Waals surface area contributed by atoms with Crippen LogP contribution in [-0.4, -0.2) is 5.91 Å². The summed E-state index contributed by atoms with van der Waals surface area (Å²) in [4.78, 5) is 15.9. The standard InChI is InChI=1S/C18H19NOS3/c1-6-7-14(20)19-13-9-11(3)10(2)8-12(13)15-16(18(19,4)5)22-23-17(15)21/h6-9H,1-5H3. The molecular weight excluding hydrogens is 342 g/mol. The number of carbonyl (C=O) groups is 1. The number of hydrogen-bond acceptors (Lipinski definition) is 4. The minimum Gasteiger partial charge on any atom is -0.298 e. The first kappa shape index (κ1) is 16.6. The van der Waals surface area contributed by atoms with Crippen LogP contribution in [0.3, 0.4) is 0 Å². The Morgan fingerprint density at radius 2 is 1.87 bits per heavy atom. The van der Waals surface area contributed by atoms with Gasteiger partial charge in [0.25, 0.3) is 5.91 Å². The van der Waals surface area contributed by atoms with Crippen molar-refractivity contribution in [3.8, 4) is 11.1 Å². The number of benzene rings is 1. The molecule has 1 aromatic heterocycles. The van der Waals surface area contributed by atoms with Crippen molar-refractivity contribution in [2.24, 2.45) is 0 Å². The quantitative estimate of drug-likeness (QED) is 0.354. The monoisotopic (exact) mass is 361 g/mol. The van der Waals surface area contributed by atoms with E-state index in [2.05, 4.69) is 39.8 Å². The smallest absolute Gasteiger partial charge is 0.251 e. The zero-order chi connectivity index (χ0) is 16.9. The Morgan fingerprint density at radius 3 is 2.52 bits per heavy atom. The summed E-state index contributed by atoms with van der Waals surface area (Å²) in [6.07, 6.45) is 3.43. The molecule has 1 aliphatic heterocycles. The van der Waals surface area contributed by atoms with E-state index in [1.807, 2.05) is 11.8 Å². The van der Waals surface area contributed by atoms with E-state index in [0.717, 1.165) is 20.6 Å². The van der Waals surface area contributed by atoms with Gasteiger partial charge in [0.05, 0.1) is 16.1 Å². The maximum Gasteiger partial charge on any atom is 0.251 e. The molecule has 1 aromatic carbocycles. The predicted octanol–water partition coefficient (Wildman–Crippen LogP) is 5.98. The molecule has 3 rings (SSSR count). The molecule has 2 nitrogen and oxygen atoms in total. The molecule has 1 aliphatic rings. The van der Waals surface area contributed by atoms with E-state index in [0.29, 0.717) is 0 Å². The Hall–Kier alpha value is -1.30. The van der Waals surface area contributed by atoms with E-state index in [-0.39, 0.29) is 5.91 Å². The van der Waals surface area contributed by atoms with Gasteiger partial charge < -0.3 is 0 Å². The highest BCUT2D eigenvalue weighted by Crippen LogP contribution is 2.52. The molecule has 0 N–H and O–H groups in total. The fourth-order valence-electron chi connectivity index (χ4n) is 3.10. The number of rotatable bonds is 1. The molecule has 23 heavy (non-hydrogen) atoms. The minimum atomic E-state index is -0.404. The summed E-state index contributed by atoms with van der Waals surface area (Å²) in [5.41, 5.74) is 5.19. The summed E-state index contributed by atoms with van der Waals surface area (Å²) in [5.74, 6) is 0.0111. The molecule has 0 saturated heterocycles. The van der Waals surface area contributed by atoms with Crippen LogP contribution in [-0.2, 0) is 10.3 Å². The number of fused-ring (bicyclic) bond motifs is 3. The second-order valence-corrected chi connectivity index (χ2v) is 9.16. The fraction of sp³-hybridized carbons (Fsp3) is 0.333. The Balaban J connectivity index is 2.40. The number of nitrogens with zero attached hydrogens (tertiary/aromatic N) is 1. The topological polar surface area (TPSA) is 20.3 Å². The normalized spacial score (nSPS) is 15.6. The van der Waals surface area contributed by atoms with Crippen molar-refractivity contribution in [1.29, 1.82) is 0 Å². The number of carbonyl (C=O) groups excluding carboxylic acids is 1. The average Bonchev–Trinajstić information content (AvgIpc) is 2.85. The van der Waals surface area contributed by atoms with Crippen molar-refractivity contribution >= 4 is 44.5 Å². The van der Waals surface area contributed by atoms with E-state index in [1.54, 1.807) is 32.8 Å². The van der Waals surface area contributed by atoms with E-state index < -0.39 is 5.54 Å². The number of anilines is 1. The zero-order valence-corrected chi connectivity index (χ0v) is 16.3. The van der Waals surface area contributed by atoms with Crippen molar-refractivity contribution in [1.82, 2.24) is 0 Å². The maximum absolute atomic E-state index is 12.8. The van der Waals surface area contributed by atoms with Crippen molar-refractivity contribution < 1.29 is 4.79 Å². The van der Waals surface area contributed by atoms with Crippen molar-refractivity contribution in [2.75, 3.05) is 4.90 Å². The van der Waals surface area contributed by atoms with Crippen LogP contribution in [0, 0.1) is 17.7 Å². The molecule has 2 heterocycles. The Labute approximate surface area is 149 Å². The van der Waals surface area contributed by atoms with E-state index in [9.17, 15) is 4.79 Å². The van der Waals surface area contributed by atoms with Gasteiger partial charge in [-0.1, -0.05) is 39.0 Å². The van der Waals surface area contributed by atoms with Crippen LogP contribution >= 0.6 is 32.9 Å². The highest BCUT2D eigenvalue weighted by atomic mass is 32.9. The molecule has 0 aliphatic carbocycles. The summed E-state index contributed by atoms with van der Waals surface area (Å²) in [5, 5.41) is 0. The van der Waals surface area contributed by atoms with Gasteiger partial charge in [0.15, 0.2) is 0 Å². The maximum atomic E-state index is 12.8. The average molecular weight is 362 g/mol. The molecule has 0 spiro atoms. The number of amides is 1. The predicted molar refractivity (Wildman–Crippen MR) is 103 cm³/mol. The van der Waals surface area contributed by atoms with Crippen LogP contribution in [0.2, 0.25) is 0 Å². The van der Waals surface area contributed by atoms with Crippen molar-refractivity contribution in [3.63, 3.8) is 0 Å². The lowest BCUT2D eigenvalue weighted by Gasteiger charge is -2.42. The van der Waals surface area contributed by atoms with E-state index in [4.69, 9.17) is 12.2 Å². The van der Waals surface area contributed by atoms with Gasteiger partial charge in [-0.15, -0.1) is 0 Å². The van der Waals surface area contributed by atoms with Gasteiger partial charge in [-0.05, 0) is 64.0 Å². The Morgan fingerprint density at radius 1 is 1.22 bits per heavy atom. The molecule has 0 unspecified atom stereocenters. The molecular formula is C18H19NOS3. The van der Waals surface area contributed by atoms with Gasteiger partial charge in [-0.3, -0.25) is 9.69 Å². The SMILES string of the molecule is CC=CC(=O)N1c2cc(C)c(C)cc2-c2c(ssc2=S)C1(C)C. The van der Waals surface area contributed by atoms with Gasteiger partial charge in [0.2, 0.25) is 0 Å². The van der Waals surface area contributed by atoms with Gasteiger partial charge >= 0.3 is 0 Å². The third-order valence-corrected chi connectivity index (χ3v) is 7.73. The summed E-state index contributed by atoms with van der Waals surface area (Å²) in [7, 11) is 3.32. The molecule has 0 atom stereocenters. The highest BCUT2D eigenvalue weighted by molar-refractivity contribution is 7.80. The van der Waals surface area contributed by atoms with Crippen LogP contribution < -0.4 is 4.90 Å². The van der Waals surface area contributed by atoms with E-state index in [1.165, 1.54) is 16.0 Å². The third kappa shape index (κ3) is 2.42. The van der Waals surface area contributed by atoms with Crippen LogP contribution in [0.15, 0.2) is 24.3 Å². The molecule has 2 aromatic rings. The molecule has 0 fully saturated rings. The highest BCUT2D eigenvalue weighted by Gasteiger charge is 2.42. The lowest BCUT2D eigenvalue weighted by atomic mass is 9.86. The molecule has 120 valence electrons. The first-order chi connectivity index (χ1) is 10.8. The molecule has 0 saturated carbocycles. The van der Waals surface area contributed by atoms with Gasteiger partial charge in [-0.25, -0.2) is 0 Å². The zero-order valence-electron chi connectivity index (χ0n) is 13.9. The summed E-state index contributed by atoms with van der Waals surface area (Å²) < 4.78 is 0.917. The Bertz CT molecular complexity index is 886.